The summed E-state index contributed by atoms with van der Waals surface area (Å²) in [6.07, 6.45) is 0. The monoisotopic (exact) mass is 287 g/mol. The van der Waals surface area contributed by atoms with Crippen LogP contribution in [0.1, 0.15) is 10.9 Å². The highest BCUT2D eigenvalue weighted by molar-refractivity contribution is 9.10. The van der Waals surface area contributed by atoms with Crippen LogP contribution >= 0.6 is 27.7 Å². The molecule has 2 N–H and O–H groups in total. The molecule has 2 atom stereocenters. The number of carbonyl (C=O) groups excluding carboxylic acids is 1. The number of hydrogen-bond donors (Lipinski definition) is 1. The molecule has 5 heteroatoms. The van der Waals surface area contributed by atoms with E-state index in [-0.39, 0.29) is 5.37 Å². The van der Waals surface area contributed by atoms with Crippen LogP contribution in [0.5, 0.6) is 0 Å². The van der Waals surface area contributed by atoms with Crippen molar-refractivity contribution in [2.75, 3.05) is 5.75 Å². The number of aliphatic carboxylic acids is 1. The molecule has 1 heterocycles. The van der Waals surface area contributed by atoms with Crippen LogP contribution in [0.15, 0.2) is 28.7 Å². The number of rotatable bonds is 2. The van der Waals surface area contributed by atoms with Crippen molar-refractivity contribution >= 4 is 33.7 Å². The molecule has 1 aliphatic heterocycles. The fraction of sp³-hybridized carbons (Fsp3) is 0.300. The van der Waals surface area contributed by atoms with Gasteiger partial charge in [-0.05, 0) is 6.07 Å². The smallest absolute Gasteiger partial charge is 0.160 e. The Hall–Kier alpha value is -0.520. The number of benzene rings is 1. The van der Waals surface area contributed by atoms with Crippen LogP contribution in [0.4, 0.5) is 0 Å². The van der Waals surface area contributed by atoms with Crippen molar-refractivity contribution in [2.24, 2.45) is 0 Å². The number of carbonyl (C=O) groups is 1. The average molecular weight is 288 g/mol. The molecule has 0 amide bonds. The molecule has 1 aliphatic rings. The second kappa shape index (κ2) is 4.55. The molecule has 1 aromatic carbocycles. The standard InChI is InChI=1S/C10H10BrNO2S/c11-7-4-2-1-3-6(7)9-12-8(5-15-9)10(13)14/h1-4,8-9,12H,5H2,(H,13,14)/t8-,9+/m1/s1. The van der Waals surface area contributed by atoms with Crippen LogP contribution in [0.25, 0.3) is 0 Å². The highest BCUT2D eigenvalue weighted by Crippen LogP contribution is 2.31. The van der Waals surface area contributed by atoms with Gasteiger partial charge < -0.3 is 15.2 Å². The molecular weight excluding hydrogens is 278 g/mol. The van der Waals surface area contributed by atoms with Gasteiger partial charge in [-0.25, -0.2) is 0 Å². The summed E-state index contributed by atoms with van der Waals surface area (Å²) in [5.41, 5.74) is 1.13. The van der Waals surface area contributed by atoms with Crippen molar-refractivity contribution in [3.05, 3.63) is 34.3 Å². The molecule has 0 aromatic heterocycles. The number of hydrogen-bond acceptors (Lipinski definition) is 3. The predicted octanol–water partition coefficient (Wildman–Crippen LogP) is -0.124. The molecular formula is C10H10BrNO2S. The Morgan fingerprint density at radius 3 is 2.87 bits per heavy atom. The minimum atomic E-state index is -0.975. The third-order valence-corrected chi connectivity index (χ3v) is 4.42. The van der Waals surface area contributed by atoms with Gasteiger partial charge >= 0.3 is 0 Å². The van der Waals surface area contributed by atoms with Gasteiger partial charge in [-0.3, -0.25) is 0 Å². The van der Waals surface area contributed by atoms with Crippen LogP contribution < -0.4 is 10.4 Å². The Labute approximate surface area is 100 Å². The van der Waals surface area contributed by atoms with E-state index in [1.807, 2.05) is 29.6 Å². The third-order valence-electron chi connectivity index (χ3n) is 2.38. The van der Waals surface area contributed by atoms with E-state index in [0.29, 0.717) is 5.75 Å². The summed E-state index contributed by atoms with van der Waals surface area (Å²) in [6, 6.07) is 7.46. The Morgan fingerprint density at radius 1 is 1.53 bits per heavy atom. The largest absolute Gasteiger partial charge is 0.544 e. The molecule has 0 bridgehead atoms. The lowest BCUT2D eigenvalue weighted by Crippen LogP contribution is -2.90. The quantitative estimate of drug-likeness (QED) is 0.825. The highest BCUT2D eigenvalue weighted by atomic mass is 79.9. The van der Waals surface area contributed by atoms with Crippen molar-refractivity contribution < 1.29 is 15.2 Å². The van der Waals surface area contributed by atoms with E-state index in [9.17, 15) is 9.90 Å². The Morgan fingerprint density at radius 2 is 2.27 bits per heavy atom. The fourth-order valence-corrected chi connectivity index (χ4v) is 3.61. The van der Waals surface area contributed by atoms with Crippen LogP contribution in [-0.2, 0) is 4.79 Å². The summed E-state index contributed by atoms with van der Waals surface area (Å²) in [4.78, 5) is 10.7. The van der Waals surface area contributed by atoms with Gasteiger partial charge in [0.05, 0.1) is 5.75 Å². The van der Waals surface area contributed by atoms with Crippen LogP contribution in [0.2, 0.25) is 0 Å². The van der Waals surface area contributed by atoms with Gasteiger partial charge in [-0.1, -0.05) is 45.9 Å². The summed E-state index contributed by atoms with van der Waals surface area (Å²) >= 11 is 5.11. The Bertz CT molecular complexity index is 385. The first-order chi connectivity index (χ1) is 7.18. The second-order valence-electron chi connectivity index (χ2n) is 3.39. The van der Waals surface area contributed by atoms with Crippen molar-refractivity contribution in [2.45, 2.75) is 11.4 Å². The first-order valence-corrected chi connectivity index (χ1v) is 6.44. The number of halogens is 1. The maximum atomic E-state index is 10.7. The topological polar surface area (TPSA) is 56.7 Å². The summed E-state index contributed by atoms with van der Waals surface area (Å²) in [7, 11) is 0. The van der Waals surface area contributed by atoms with Crippen molar-refractivity contribution in [3.8, 4) is 0 Å². The zero-order valence-electron chi connectivity index (χ0n) is 7.85. The molecule has 0 radical (unpaired) electrons. The van der Waals surface area contributed by atoms with Gasteiger partial charge in [0, 0.05) is 10.0 Å². The molecule has 0 spiro atoms. The minimum absolute atomic E-state index is 0.156. The van der Waals surface area contributed by atoms with Crippen molar-refractivity contribution in [1.29, 1.82) is 0 Å². The molecule has 1 aromatic rings. The number of carboxylic acids is 1. The predicted molar refractivity (Wildman–Crippen MR) is 60.1 cm³/mol. The van der Waals surface area contributed by atoms with E-state index in [1.54, 1.807) is 11.8 Å². The summed E-state index contributed by atoms with van der Waals surface area (Å²) in [5, 5.41) is 12.7. The number of carboxylic acid groups (broad SMARTS) is 1. The molecule has 1 fully saturated rings. The van der Waals surface area contributed by atoms with E-state index >= 15 is 0 Å². The molecule has 2 rings (SSSR count). The van der Waals surface area contributed by atoms with Crippen LogP contribution in [0.3, 0.4) is 0 Å². The van der Waals surface area contributed by atoms with Gasteiger partial charge in [0.25, 0.3) is 0 Å². The SMILES string of the molecule is O=C([O-])[C@H]1CS[C@@H](c2ccccc2Br)[NH2+]1. The van der Waals surface area contributed by atoms with Gasteiger partial charge in [0.2, 0.25) is 0 Å². The Balaban J connectivity index is 2.14. The van der Waals surface area contributed by atoms with E-state index in [2.05, 4.69) is 15.9 Å². The minimum Gasteiger partial charge on any atom is -0.544 e. The normalized spacial score (nSPS) is 25.4. The summed E-state index contributed by atoms with van der Waals surface area (Å²) < 4.78 is 1.03. The van der Waals surface area contributed by atoms with Crippen LogP contribution in [0, 0.1) is 0 Å². The van der Waals surface area contributed by atoms with Gasteiger partial charge in [-0.15, -0.1) is 0 Å². The lowest BCUT2D eigenvalue weighted by Gasteiger charge is -2.11. The first-order valence-electron chi connectivity index (χ1n) is 4.60. The summed E-state index contributed by atoms with van der Waals surface area (Å²) in [6.45, 7) is 0. The maximum Gasteiger partial charge on any atom is 0.160 e. The van der Waals surface area contributed by atoms with E-state index < -0.39 is 12.0 Å². The summed E-state index contributed by atoms with van der Waals surface area (Å²) in [5.74, 6) is -0.369. The first kappa shape index (κ1) is 11.0. The lowest BCUT2D eigenvalue weighted by atomic mass is 10.2. The van der Waals surface area contributed by atoms with Crippen molar-refractivity contribution in [3.63, 3.8) is 0 Å². The number of thioether (sulfide) groups is 1. The van der Waals surface area contributed by atoms with Gasteiger partial charge in [-0.2, -0.15) is 0 Å². The fourth-order valence-electron chi connectivity index (χ4n) is 1.58. The number of quaternary nitrogens is 1. The maximum absolute atomic E-state index is 10.7. The molecule has 0 unspecified atom stereocenters. The molecule has 0 aliphatic carbocycles. The highest BCUT2D eigenvalue weighted by Gasteiger charge is 2.31. The molecule has 0 saturated carbocycles. The van der Waals surface area contributed by atoms with Crippen LogP contribution in [-0.4, -0.2) is 17.8 Å². The third kappa shape index (κ3) is 2.35. The second-order valence-corrected chi connectivity index (χ2v) is 5.42. The zero-order valence-corrected chi connectivity index (χ0v) is 10.3. The average Bonchev–Trinajstić information content (AvgIpc) is 2.67. The molecule has 3 nitrogen and oxygen atoms in total. The van der Waals surface area contributed by atoms with Crippen molar-refractivity contribution in [1.82, 2.24) is 0 Å². The Kier molecular flexibility index (Phi) is 3.33. The van der Waals surface area contributed by atoms with E-state index in [4.69, 9.17) is 0 Å². The molecule has 1 saturated heterocycles. The number of nitrogens with two attached hydrogens (primary N) is 1. The molecule has 80 valence electrons. The lowest BCUT2D eigenvalue weighted by molar-refractivity contribution is -0.690. The molecule has 15 heavy (non-hydrogen) atoms. The van der Waals surface area contributed by atoms with Gasteiger partial charge in [0.1, 0.15) is 12.0 Å². The van der Waals surface area contributed by atoms with E-state index in [1.165, 1.54) is 0 Å². The van der Waals surface area contributed by atoms with E-state index in [0.717, 1.165) is 10.0 Å². The van der Waals surface area contributed by atoms with Gasteiger partial charge in [0.15, 0.2) is 5.37 Å². The zero-order chi connectivity index (χ0) is 10.8.